The number of primary sulfonamides is 7. The molecule has 30 N–H and O–H groups in total. The number of halogens is 3. The van der Waals surface area contributed by atoms with Gasteiger partial charge in [0.15, 0.2) is 0 Å². The van der Waals surface area contributed by atoms with Crippen LogP contribution in [0.4, 0.5) is 27.1 Å². The molecule has 0 fully saturated rings. The molecule has 0 bridgehead atoms. The quantitative estimate of drug-likeness (QED) is 0.0153. The van der Waals surface area contributed by atoms with Crippen molar-refractivity contribution in [2.75, 3.05) is 57.2 Å². The zero-order chi connectivity index (χ0) is 85.5. The molecule has 0 saturated heterocycles. The van der Waals surface area contributed by atoms with Gasteiger partial charge in [0.2, 0.25) is 90.2 Å². The van der Waals surface area contributed by atoms with Gasteiger partial charge in [0.05, 0.1) is 88.1 Å². The number of hydrogen-bond acceptors (Lipinski definition) is 33. The van der Waals surface area contributed by atoms with E-state index in [9.17, 15) is 93.4 Å². The van der Waals surface area contributed by atoms with Gasteiger partial charge in [-0.3, -0.25) is 0 Å². The normalized spacial score (nSPS) is 11.5. The Bertz CT molecular complexity index is 5430. The predicted molar refractivity (Wildman–Crippen MR) is 424 cm³/mol. The topological polar surface area (TPSA) is 797 Å². The first-order valence-corrected chi connectivity index (χ1v) is 45.3. The minimum atomic E-state index is -4.03. The molecule has 0 aliphatic heterocycles. The summed E-state index contributed by atoms with van der Waals surface area (Å²) in [5.41, 5.74) is 27.8. The number of nitrogen functional groups attached to an aromatic ring is 4. The molecule has 0 heterocycles. The number of nitrogens with two attached hydrogens (primary N) is 12. The SMILES string of the molecule is C.C.C.CN.CNS(=O)(=O)c1ccc(S(N)(=O)=O)cc1CO.CNS(=O)(=O)c1ccc(S(N)(=O)=O)cc1CO.COC(=O)c1cc(S(N)(=O)=O)ccc1N.NS(=O)(=O)c1ccc(S(=O)(=O)Cl)c(CO)c1.Nc1ccc(S(N)(=O)=O)cc1.Nc1ccc(S(N)(=O)=O)cc1Br.Nc1ccc(S(N)(=O)=O)cc1CO.[2H]B=NSCF. The van der Waals surface area contributed by atoms with Crippen LogP contribution in [0.2, 0.25) is 0 Å². The monoisotopic (exact) mass is 1870 g/mol. The Hall–Kier alpha value is -6.94. The number of aliphatic hydroxyl groups excluding tert-OH is 4. The van der Waals surface area contributed by atoms with Crippen LogP contribution in [0.1, 0.15) is 54.9 Å². The molecule has 7 rings (SSSR count). The first-order chi connectivity index (χ1) is 49.7. The third-order valence-electron chi connectivity index (χ3n) is 12.0. The molecule has 0 aliphatic carbocycles. The van der Waals surface area contributed by atoms with Crippen molar-refractivity contribution in [3.05, 3.63) is 166 Å². The van der Waals surface area contributed by atoms with Gasteiger partial charge < -0.3 is 53.8 Å². The molecule has 0 atom stereocenters. The van der Waals surface area contributed by atoms with Crippen LogP contribution in [0, 0.1) is 0 Å². The van der Waals surface area contributed by atoms with Crippen LogP contribution in [0.25, 0.3) is 0 Å². The summed E-state index contributed by atoms with van der Waals surface area (Å²) in [6, 6.07) is 26.2. The van der Waals surface area contributed by atoms with Crippen molar-refractivity contribution in [2.24, 2.45) is 46.0 Å². The van der Waals surface area contributed by atoms with E-state index in [1.807, 2.05) is 0 Å². The Morgan fingerprint density at radius 1 is 0.459 bits per heavy atom. The third kappa shape index (κ3) is 39.6. The number of carbonyl (C=O) groups excluding carboxylic acids is 1. The van der Waals surface area contributed by atoms with E-state index in [4.69, 9.17) is 91.4 Å². The van der Waals surface area contributed by atoms with E-state index in [1.165, 1.54) is 101 Å². The molecular formula is C55H87BBrClFN15O26S11. The van der Waals surface area contributed by atoms with Crippen molar-refractivity contribution in [3.63, 3.8) is 0 Å². The Labute approximate surface area is 664 Å². The van der Waals surface area contributed by atoms with Gasteiger partial charge in [0.1, 0.15) is 0 Å². The number of rotatable bonds is 19. The predicted octanol–water partition coefficient (Wildman–Crippen LogP) is -0.942. The van der Waals surface area contributed by atoms with Crippen LogP contribution in [0.15, 0.2) is 191 Å². The van der Waals surface area contributed by atoms with E-state index in [-0.39, 0.29) is 106 Å². The molecule has 0 aromatic heterocycles. The standard InChI is InChI=1S/2C8H12N2O5S2.C8H10N2O4S.C7H8ClNO5S2.C7H10N2O3S.C6H7BrN2O2S.C6H8N2O2S.CH3BFNS.CH5N.3CH4/c2*1-10-17(14,15)8-3-2-7(16(9,12)13)4-6(8)5-11;1-14-8(11)6-4-5(15(10,12)13)2-3-7(6)9;8-15(11,12)7-2-1-6(16(9,13)14)3-5(7)4-10;8-7-2-1-6(13(9,11)12)3-5(7)4-10;7-5-3-4(12(9,10)11)1-2-6(5)8;7-5-1-3-6(4-2-5)11(8,9)10;2-4-5-1-3;1-2;;;/h2*2-4,10-11H,5H2,1H3,(H2,9,12,13);2-4H,9H2,1H3,(H2,10,12,13);1-3,10H,4H2,(H2,9,13,14);1-3,10H,4,8H2,(H2,9,11,12);1-3H,8H2,(H2,9,10,11);1-4H,7H2,(H2,8,9,10);2H,1H2;2H2,1H3;3*1H4/i;;;;;;;2D;;;;. The molecular weight excluding hydrogens is 1780 g/mol. The number of alkyl halides is 1. The Balaban J connectivity index is -0.000000391. The average molecular weight is 1870 g/mol. The average Bonchev–Trinajstić information content (AvgIpc) is 0.814. The van der Waals surface area contributed by atoms with E-state index in [0.717, 1.165) is 80.2 Å². The van der Waals surface area contributed by atoms with E-state index >= 15 is 0 Å². The van der Waals surface area contributed by atoms with Gasteiger partial charge in [-0.25, -0.2) is 134 Å². The summed E-state index contributed by atoms with van der Waals surface area (Å²) in [4.78, 5) is 9.55. The summed E-state index contributed by atoms with van der Waals surface area (Å²) in [5, 5.41) is 69.9. The first kappa shape index (κ1) is 110. The van der Waals surface area contributed by atoms with Crippen molar-refractivity contribution < 1.29 is 119 Å². The van der Waals surface area contributed by atoms with Crippen molar-refractivity contribution in [2.45, 2.75) is 97.7 Å². The Morgan fingerprint density at radius 2 is 0.730 bits per heavy atom. The van der Waals surface area contributed by atoms with E-state index in [1.54, 1.807) is 0 Å². The summed E-state index contributed by atoms with van der Waals surface area (Å²) >= 11 is 3.82. The fraction of sp³-hybridized carbons (Fsp3) is 0.218. The summed E-state index contributed by atoms with van der Waals surface area (Å²) < 4.78 is 251. The van der Waals surface area contributed by atoms with Crippen molar-refractivity contribution in [1.29, 1.82) is 1.34 Å². The van der Waals surface area contributed by atoms with Crippen LogP contribution in [-0.4, -0.2) is 154 Å². The summed E-state index contributed by atoms with van der Waals surface area (Å²) in [6.07, 6.45) is 0. The van der Waals surface area contributed by atoms with Gasteiger partial charge in [0.25, 0.3) is 9.05 Å². The molecule has 41 nitrogen and oxygen atoms in total. The molecule has 7 aromatic rings. The zero-order valence-corrected chi connectivity index (χ0v) is 67.4. The van der Waals surface area contributed by atoms with Crippen LogP contribution in [0.5, 0.6) is 0 Å². The Morgan fingerprint density at radius 3 is 1.00 bits per heavy atom. The molecule has 56 heteroatoms. The number of esters is 1. The summed E-state index contributed by atoms with van der Waals surface area (Å²) in [6.45, 7) is -2.20. The molecule has 0 aliphatic rings. The number of carbonyl (C=O) groups is 1. The second-order valence-corrected chi connectivity index (χ2v) is 38.0. The molecule has 7 aromatic carbocycles. The van der Waals surface area contributed by atoms with Gasteiger partial charge in [-0.15, -0.1) is 0 Å². The van der Waals surface area contributed by atoms with Crippen LogP contribution >= 0.6 is 38.6 Å². The fourth-order valence-corrected chi connectivity index (χ4v) is 14.2. The summed E-state index contributed by atoms with van der Waals surface area (Å²) in [7, 11) is -27.1. The number of nitrogens with one attached hydrogen (secondary N) is 2. The number of nitrogens with zero attached hydrogens (tertiary/aromatic N) is 1. The number of sulfonamides is 9. The minimum absolute atomic E-state index is 0. The van der Waals surface area contributed by atoms with Gasteiger partial charge in [-0.05, 0) is 187 Å². The first-order valence-electron chi connectivity index (χ1n) is 28.1. The number of anilines is 4. The van der Waals surface area contributed by atoms with Crippen molar-refractivity contribution >= 4 is 174 Å². The number of hydrogen-bond donors (Lipinski definition) is 18. The van der Waals surface area contributed by atoms with Gasteiger partial charge in [0, 0.05) is 43.5 Å². The number of ether oxygens (including phenoxy) is 1. The maximum absolute atomic E-state index is 11.5. The van der Waals surface area contributed by atoms with E-state index in [2.05, 4.69) is 40.1 Å². The molecule has 628 valence electrons. The molecule has 0 saturated carbocycles. The van der Waals surface area contributed by atoms with E-state index < -0.39 is 131 Å². The second kappa shape index (κ2) is 49.0. The van der Waals surface area contributed by atoms with E-state index in [0.29, 0.717) is 27.1 Å². The van der Waals surface area contributed by atoms with Gasteiger partial charge in [-0.1, -0.05) is 22.3 Å². The molecule has 0 radical (unpaired) electrons. The molecule has 0 amide bonds. The number of aliphatic hydroxyl groups is 4. The number of methoxy groups -OCH3 is 1. The van der Waals surface area contributed by atoms with Crippen molar-refractivity contribution in [3.8, 4) is 0 Å². The molecule has 0 unspecified atom stereocenters. The van der Waals surface area contributed by atoms with Gasteiger partial charge in [-0.2, -0.15) is 0 Å². The molecule has 0 spiro atoms. The van der Waals surface area contributed by atoms with Crippen LogP contribution in [-0.2, 0) is 130 Å². The van der Waals surface area contributed by atoms with Gasteiger partial charge >= 0.3 is 41.6 Å². The Kier molecular flexibility index (Phi) is 48.7. The summed E-state index contributed by atoms with van der Waals surface area (Å²) in [5.74, 6) is -0.710. The second-order valence-electron chi connectivity index (χ2n) is 19.3. The zero-order valence-electron chi connectivity index (χ0n) is 57.1. The van der Waals surface area contributed by atoms with Crippen molar-refractivity contribution in [1.82, 2.24) is 9.44 Å². The van der Waals surface area contributed by atoms with Crippen LogP contribution in [0.3, 0.4) is 0 Å². The fourth-order valence-electron chi connectivity index (χ4n) is 6.82. The number of benzene rings is 7. The maximum atomic E-state index is 11.5. The molecule has 111 heavy (non-hydrogen) atoms. The van der Waals surface area contributed by atoms with Crippen LogP contribution < -0.4 is 74.1 Å². The third-order valence-corrected chi connectivity index (χ3v) is 23.8.